The normalized spacial score (nSPS) is 20.4. The Labute approximate surface area is 94.7 Å². The Morgan fingerprint density at radius 3 is 2.69 bits per heavy atom. The van der Waals surface area contributed by atoms with Crippen LogP contribution in [-0.2, 0) is 4.79 Å². The number of hydrogen-bond acceptors (Lipinski definition) is 3. The zero-order chi connectivity index (χ0) is 11.5. The minimum Gasteiger partial charge on any atom is -0.399 e. The Morgan fingerprint density at radius 2 is 2.06 bits per heavy atom. The van der Waals surface area contributed by atoms with Gasteiger partial charge < -0.3 is 15.7 Å². The van der Waals surface area contributed by atoms with Crippen molar-refractivity contribution in [2.45, 2.75) is 12.3 Å². The number of amides is 1. The van der Waals surface area contributed by atoms with Crippen molar-refractivity contribution in [2.24, 2.45) is 0 Å². The predicted molar refractivity (Wildman–Crippen MR) is 61.9 cm³/mol. The fourth-order valence-electron chi connectivity index (χ4n) is 2.12. The third-order valence-corrected chi connectivity index (χ3v) is 3.01. The lowest BCUT2D eigenvalue weighted by molar-refractivity contribution is -0.129. The smallest absolute Gasteiger partial charge is 0.230 e. The van der Waals surface area contributed by atoms with Crippen molar-refractivity contribution in [1.82, 2.24) is 4.90 Å². The second kappa shape index (κ2) is 4.53. The van der Waals surface area contributed by atoms with Gasteiger partial charge in [0.05, 0.1) is 12.5 Å². The molecule has 1 aliphatic heterocycles. The van der Waals surface area contributed by atoms with E-state index in [1.54, 1.807) is 4.90 Å². The number of aliphatic hydroxyl groups is 1. The van der Waals surface area contributed by atoms with Gasteiger partial charge in [-0.15, -0.1) is 0 Å². The van der Waals surface area contributed by atoms with Crippen LogP contribution in [0.2, 0.25) is 0 Å². The number of carbonyl (C=O) groups excluding carboxylic acids is 1. The molecule has 1 aliphatic rings. The summed E-state index contributed by atoms with van der Waals surface area (Å²) in [5, 5.41) is 8.83. The third-order valence-electron chi connectivity index (χ3n) is 3.01. The van der Waals surface area contributed by atoms with Crippen LogP contribution >= 0.6 is 0 Å². The van der Waals surface area contributed by atoms with Crippen molar-refractivity contribution in [1.29, 1.82) is 0 Å². The average Bonchev–Trinajstić information content (AvgIpc) is 2.63. The first kappa shape index (κ1) is 11.0. The van der Waals surface area contributed by atoms with Crippen LogP contribution in [0.1, 0.15) is 17.9 Å². The Kier molecular flexibility index (Phi) is 3.10. The Morgan fingerprint density at radius 1 is 1.38 bits per heavy atom. The quantitative estimate of drug-likeness (QED) is 0.732. The molecule has 1 atom stereocenters. The standard InChI is InChI=1S/C12H16N2O2/c13-10-3-1-9(2-4-10)11-5-6-14(7-8-15)12(11)16/h1-4,11,15H,5-8,13H2. The highest BCUT2D eigenvalue weighted by atomic mass is 16.3. The van der Waals surface area contributed by atoms with E-state index < -0.39 is 0 Å². The molecule has 0 radical (unpaired) electrons. The zero-order valence-electron chi connectivity index (χ0n) is 9.10. The molecule has 1 fully saturated rings. The van der Waals surface area contributed by atoms with E-state index in [1.807, 2.05) is 24.3 Å². The average molecular weight is 220 g/mol. The molecule has 1 heterocycles. The molecule has 86 valence electrons. The van der Waals surface area contributed by atoms with E-state index in [4.69, 9.17) is 10.8 Å². The molecule has 1 aromatic rings. The Bertz CT molecular complexity index is 375. The molecule has 1 amide bonds. The maximum atomic E-state index is 12.0. The van der Waals surface area contributed by atoms with Crippen molar-refractivity contribution in [3.05, 3.63) is 29.8 Å². The number of nitrogen functional groups attached to an aromatic ring is 1. The molecular weight excluding hydrogens is 204 g/mol. The summed E-state index contributed by atoms with van der Waals surface area (Å²) in [4.78, 5) is 13.7. The number of benzene rings is 1. The van der Waals surface area contributed by atoms with Crippen LogP contribution in [0.25, 0.3) is 0 Å². The molecule has 4 heteroatoms. The Balaban J connectivity index is 2.12. The number of carbonyl (C=O) groups is 1. The van der Waals surface area contributed by atoms with Gasteiger partial charge in [0.2, 0.25) is 5.91 Å². The topological polar surface area (TPSA) is 66.6 Å². The van der Waals surface area contributed by atoms with Gasteiger partial charge in [-0.25, -0.2) is 0 Å². The summed E-state index contributed by atoms with van der Waals surface area (Å²) in [6.45, 7) is 1.19. The number of β-amino-alcohol motifs (C(OH)–C–C–N with tert-alkyl or cyclic N) is 1. The molecule has 16 heavy (non-hydrogen) atoms. The number of likely N-dealkylation sites (tertiary alicyclic amines) is 1. The zero-order valence-corrected chi connectivity index (χ0v) is 9.10. The Hall–Kier alpha value is -1.55. The number of rotatable bonds is 3. The highest BCUT2D eigenvalue weighted by molar-refractivity contribution is 5.85. The first-order valence-electron chi connectivity index (χ1n) is 5.47. The number of hydrogen-bond donors (Lipinski definition) is 2. The van der Waals surface area contributed by atoms with Gasteiger partial charge in [-0.1, -0.05) is 12.1 Å². The molecule has 1 aromatic carbocycles. The van der Waals surface area contributed by atoms with E-state index in [0.29, 0.717) is 12.2 Å². The van der Waals surface area contributed by atoms with Crippen LogP contribution in [0.4, 0.5) is 5.69 Å². The maximum absolute atomic E-state index is 12.0. The summed E-state index contributed by atoms with van der Waals surface area (Å²) in [7, 11) is 0. The molecule has 0 saturated carbocycles. The first-order chi connectivity index (χ1) is 7.72. The second-order valence-corrected chi connectivity index (χ2v) is 4.06. The monoisotopic (exact) mass is 220 g/mol. The lowest BCUT2D eigenvalue weighted by atomic mass is 9.98. The number of anilines is 1. The van der Waals surface area contributed by atoms with E-state index in [2.05, 4.69) is 0 Å². The highest BCUT2D eigenvalue weighted by Gasteiger charge is 2.31. The van der Waals surface area contributed by atoms with Gasteiger partial charge in [0.1, 0.15) is 0 Å². The summed E-state index contributed by atoms with van der Waals surface area (Å²) < 4.78 is 0. The minimum absolute atomic E-state index is 0.0280. The fourth-order valence-corrected chi connectivity index (χ4v) is 2.12. The molecule has 2 rings (SSSR count). The van der Waals surface area contributed by atoms with Crippen LogP contribution in [0.5, 0.6) is 0 Å². The summed E-state index contributed by atoms with van der Waals surface area (Å²) in [6.07, 6.45) is 0.822. The number of nitrogens with two attached hydrogens (primary N) is 1. The number of aliphatic hydroxyl groups excluding tert-OH is 1. The third kappa shape index (κ3) is 2.02. The number of nitrogens with zero attached hydrogens (tertiary/aromatic N) is 1. The van der Waals surface area contributed by atoms with Crippen molar-refractivity contribution in [2.75, 3.05) is 25.4 Å². The van der Waals surface area contributed by atoms with Gasteiger partial charge >= 0.3 is 0 Å². The molecular formula is C12H16N2O2. The fraction of sp³-hybridized carbons (Fsp3) is 0.417. The molecule has 0 aliphatic carbocycles. The largest absolute Gasteiger partial charge is 0.399 e. The van der Waals surface area contributed by atoms with Gasteiger partial charge in [0.25, 0.3) is 0 Å². The van der Waals surface area contributed by atoms with Crippen LogP contribution < -0.4 is 5.73 Å². The van der Waals surface area contributed by atoms with Crippen LogP contribution in [-0.4, -0.2) is 35.6 Å². The van der Waals surface area contributed by atoms with E-state index in [-0.39, 0.29) is 18.4 Å². The van der Waals surface area contributed by atoms with Crippen molar-refractivity contribution >= 4 is 11.6 Å². The molecule has 0 bridgehead atoms. The highest BCUT2D eigenvalue weighted by Crippen LogP contribution is 2.28. The SMILES string of the molecule is Nc1ccc(C2CCN(CCO)C2=O)cc1. The summed E-state index contributed by atoms with van der Waals surface area (Å²) in [6, 6.07) is 7.44. The molecule has 3 N–H and O–H groups in total. The van der Waals surface area contributed by atoms with Crippen LogP contribution in [0.3, 0.4) is 0 Å². The van der Waals surface area contributed by atoms with Crippen molar-refractivity contribution in [3.8, 4) is 0 Å². The second-order valence-electron chi connectivity index (χ2n) is 4.06. The van der Waals surface area contributed by atoms with E-state index in [0.717, 1.165) is 18.5 Å². The lowest BCUT2D eigenvalue weighted by Crippen LogP contribution is -2.29. The van der Waals surface area contributed by atoms with Gasteiger partial charge in [-0.3, -0.25) is 4.79 Å². The molecule has 1 unspecified atom stereocenters. The molecule has 1 saturated heterocycles. The van der Waals surface area contributed by atoms with Gasteiger partial charge in [-0.2, -0.15) is 0 Å². The molecule has 0 spiro atoms. The van der Waals surface area contributed by atoms with E-state index in [1.165, 1.54) is 0 Å². The van der Waals surface area contributed by atoms with Crippen molar-refractivity contribution < 1.29 is 9.90 Å². The van der Waals surface area contributed by atoms with E-state index in [9.17, 15) is 4.79 Å². The summed E-state index contributed by atoms with van der Waals surface area (Å²) >= 11 is 0. The van der Waals surface area contributed by atoms with Crippen molar-refractivity contribution in [3.63, 3.8) is 0 Å². The summed E-state index contributed by atoms with van der Waals surface area (Å²) in [5.74, 6) is 0.0472. The minimum atomic E-state index is -0.0628. The van der Waals surface area contributed by atoms with E-state index >= 15 is 0 Å². The van der Waals surface area contributed by atoms with Gasteiger partial charge in [-0.05, 0) is 24.1 Å². The predicted octanol–water partition coefficient (Wildman–Crippen LogP) is 0.577. The molecule has 4 nitrogen and oxygen atoms in total. The maximum Gasteiger partial charge on any atom is 0.230 e. The van der Waals surface area contributed by atoms with Crippen LogP contribution in [0, 0.1) is 0 Å². The van der Waals surface area contributed by atoms with Crippen LogP contribution in [0.15, 0.2) is 24.3 Å². The molecule has 0 aromatic heterocycles. The lowest BCUT2D eigenvalue weighted by Gasteiger charge is -2.15. The first-order valence-corrected chi connectivity index (χ1v) is 5.47. The van der Waals surface area contributed by atoms with Gasteiger partial charge in [0.15, 0.2) is 0 Å². The van der Waals surface area contributed by atoms with Gasteiger partial charge in [0, 0.05) is 18.8 Å². The summed E-state index contributed by atoms with van der Waals surface area (Å²) in [5.41, 5.74) is 7.33.